The molecule has 0 saturated heterocycles. The van der Waals surface area contributed by atoms with Crippen molar-refractivity contribution >= 4 is 11.8 Å². The van der Waals surface area contributed by atoms with Crippen LogP contribution in [0.1, 0.15) is 38.1 Å². The lowest BCUT2D eigenvalue weighted by Crippen LogP contribution is -2.39. The Bertz CT molecular complexity index is 714. The number of rotatable bonds is 8. The second-order valence-corrected chi connectivity index (χ2v) is 5.78. The summed E-state index contributed by atoms with van der Waals surface area (Å²) >= 11 is 0. The largest absolute Gasteiger partial charge is 0.493 e. The van der Waals surface area contributed by atoms with Crippen LogP contribution in [0.15, 0.2) is 28.8 Å². The summed E-state index contributed by atoms with van der Waals surface area (Å²) in [6, 6.07) is 6.94. The molecule has 136 valence electrons. The molecule has 2 unspecified atom stereocenters. The molecule has 0 spiro atoms. The Hall–Kier alpha value is -2.54. The van der Waals surface area contributed by atoms with Crippen molar-refractivity contribution in [1.29, 1.82) is 0 Å². The monoisotopic (exact) mass is 347 g/mol. The maximum Gasteiger partial charge on any atom is 0.243 e. The van der Waals surface area contributed by atoms with Crippen LogP contribution in [0, 0.1) is 6.92 Å². The van der Waals surface area contributed by atoms with Crippen LogP contribution in [0.2, 0.25) is 0 Å². The van der Waals surface area contributed by atoms with Gasteiger partial charge in [-0.3, -0.25) is 15.4 Å². The Kier molecular flexibility index (Phi) is 6.41. The summed E-state index contributed by atoms with van der Waals surface area (Å²) in [5.41, 5.74) is 1.71. The van der Waals surface area contributed by atoms with Crippen molar-refractivity contribution in [3.63, 3.8) is 0 Å². The summed E-state index contributed by atoms with van der Waals surface area (Å²) in [5.74, 6) is 1.52. The number of benzene rings is 1. The number of hydrogen-bond acceptors (Lipinski definition) is 6. The van der Waals surface area contributed by atoms with Crippen LogP contribution >= 0.6 is 0 Å². The minimum Gasteiger partial charge on any atom is -0.493 e. The van der Waals surface area contributed by atoms with E-state index in [0.717, 1.165) is 5.56 Å². The topological polar surface area (TPSA) is 85.6 Å². The predicted octanol–water partition coefficient (Wildman–Crippen LogP) is 3.07. The Labute approximate surface area is 147 Å². The molecule has 0 bridgehead atoms. The molecule has 0 aliphatic heterocycles. The molecule has 1 aromatic heterocycles. The van der Waals surface area contributed by atoms with E-state index in [1.807, 2.05) is 32.0 Å². The van der Waals surface area contributed by atoms with Crippen molar-refractivity contribution in [2.24, 2.45) is 0 Å². The van der Waals surface area contributed by atoms with E-state index in [9.17, 15) is 4.79 Å². The zero-order valence-corrected chi connectivity index (χ0v) is 15.3. The van der Waals surface area contributed by atoms with Crippen LogP contribution < -0.4 is 20.1 Å². The molecular weight excluding hydrogens is 322 g/mol. The van der Waals surface area contributed by atoms with Gasteiger partial charge in [-0.1, -0.05) is 11.2 Å². The van der Waals surface area contributed by atoms with Gasteiger partial charge in [0.1, 0.15) is 0 Å². The highest BCUT2D eigenvalue weighted by Gasteiger charge is 2.18. The number of anilines is 1. The van der Waals surface area contributed by atoms with Crippen LogP contribution in [0.3, 0.4) is 0 Å². The Morgan fingerprint density at radius 1 is 1.28 bits per heavy atom. The molecular formula is C18H25N3O4. The van der Waals surface area contributed by atoms with Gasteiger partial charge in [0.2, 0.25) is 11.8 Å². The molecule has 2 rings (SSSR count). The average Bonchev–Trinajstić information content (AvgIpc) is 3.00. The van der Waals surface area contributed by atoms with E-state index in [2.05, 4.69) is 15.8 Å². The van der Waals surface area contributed by atoms with Crippen LogP contribution in [0.4, 0.5) is 5.88 Å². The van der Waals surface area contributed by atoms with Gasteiger partial charge in [0.15, 0.2) is 11.5 Å². The number of methoxy groups -OCH3 is 1. The number of hydrogen-bond donors (Lipinski definition) is 2. The Morgan fingerprint density at radius 3 is 2.64 bits per heavy atom. The van der Waals surface area contributed by atoms with Crippen molar-refractivity contribution in [1.82, 2.24) is 10.5 Å². The van der Waals surface area contributed by atoms with E-state index in [1.165, 1.54) is 0 Å². The van der Waals surface area contributed by atoms with E-state index in [0.29, 0.717) is 29.7 Å². The molecule has 25 heavy (non-hydrogen) atoms. The van der Waals surface area contributed by atoms with Gasteiger partial charge in [-0.05, 0) is 45.4 Å². The van der Waals surface area contributed by atoms with Gasteiger partial charge < -0.3 is 14.0 Å². The van der Waals surface area contributed by atoms with Gasteiger partial charge in [0.05, 0.1) is 25.5 Å². The van der Waals surface area contributed by atoms with Crippen molar-refractivity contribution in [3.8, 4) is 11.5 Å². The van der Waals surface area contributed by atoms with Crippen LogP contribution in [-0.4, -0.2) is 30.8 Å². The quantitative estimate of drug-likeness (QED) is 0.763. The Balaban J connectivity index is 2.00. The fraction of sp³-hybridized carbons (Fsp3) is 0.444. The number of carbonyl (C=O) groups excluding carboxylic acids is 1. The van der Waals surface area contributed by atoms with Crippen LogP contribution in [0.25, 0.3) is 0 Å². The third-order valence-corrected chi connectivity index (χ3v) is 3.76. The molecule has 2 atom stereocenters. The predicted molar refractivity (Wildman–Crippen MR) is 95.0 cm³/mol. The zero-order chi connectivity index (χ0) is 18.4. The number of nitrogens with one attached hydrogen (secondary N) is 2. The highest BCUT2D eigenvalue weighted by atomic mass is 16.5. The zero-order valence-electron chi connectivity index (χ0n) is 15.3. The van der Waals surface area contributed by atoms with Crippen molar-refractivity contribution in [2.75, 3.05) is 19.0 Å². The van der Waals surface area contributed by atoms with E-state index < -0.39 is 6.04 Å². The normalized spacial score (nSPS) is 13.2. The van der Waals surface area contributed by atoms with E-state index in [-0.39, 0.29) is 11.9 Å². The second kappa shape index (κ2) is 8.53. The molecule has 1 aromatic carbocycles. The number of aryl methyl sites for hydroxylation is 1. The molecule has 7 nitrogen and oxygen atoms in total. The van der Waals surface area contributed by atoms with Crippen molar-refractivity contribution in [3.05, 3.63) is 35.5 Å². The fourth-order valence-corrected chi connectivity index (χ4v) is 2.43. The number of amides is 1. The molecule has 2 aromatic rings. The standard InChI is InChI=1S/C18H25N3O4/c1-6-24-15-8-7-14(10-16(15)23-5)12(3)19-13(4)18(22)20-17-9-11(2)21-25-17/h7-10,12-13,19H,6H2,1-5H3,(H,20,22). The smallest absolute Gasteiger partial charge is 0.243 e. The first kappa shape index (κ1) is 18.8. The van der Waals surface area contributed by atoms with Crippen LogP contribution in [-0.2, 0) is 4.79 Å². The van der Waals surface area contributed by atoms with Crippen molar-refractivity contribution < 1.29 is 18.8 Å². The highest BCUT2D eigenvalue weighted by Crippen LogP contribution is 2.30. The molecule has 0 saturated carbocycles. The van der Waals surface area contributed by atoms with E-state index >= 15 is 0 Å². The van der Waals surface area contributed by atoms with Gasteiger partial charge in [-0.15, -0.1) is 0 Å². The summed E-state index contributed by atoms with van der Waals surface area (Å²) in [7, 11) is 1.61. The molecule has 1 heterocycles. The fourth-order valence-electron chi connectivity index (χ4n) is 2.43. The number of carbonyl (C=O) groups is 1. The molecule has 2 N–H and O–H groups in total. The van der Waals surface area contributed by atoms with Gasteiger partial charge >= 0.3 is 0 Å². The lowest BCUT2D eigenvalue weighted by Gasteiger charge is -2.20. The first-order valence-corrected chi connectivity index (χ1v) is 8.25. The minimum atomic E-state index is -0.419. The maximum atomic E-state index is 12.2. The lowest BCUT2D eigenvalue weighted by molar-refractivity contribution is -0.118. The highest BCUT2D eigenvalue weighted by molar-refractivity contribution is 5.93. The molecule has 0 radical (unpaired) electrons. The van der Waals surface area contributed by atoms with Gasteiger partial charge in [-0.25, -0.2) is 0 Å². The van der Waals surface area contributed by atoms with E-state index in [4.69, 9.17) is 14.0 Å². The molecule has 7 heteroatoms. The average molecular weight is 347 g/mol. The molecule has 0 fully saturated rings. The van der Waals surface area contributed by atoms with Crippen molar-refractivity contribution in [2.45, 2.75) is 39.8 Å². The summed E-state index contributed by atoms with van der Waals surface area (Å²) in [5, 5.41) is 9.69. The lowest BCUT2D eigenvalue weighted by atomic mass is 10.1. The second-order valence-electron chi connectivity index (χ2n) is 5.78. The first-order chi connectivity index (χ1) is 11.9. The van der Waals surface area contributed by atoms with E-state index in [1.54, 1.807) is 27.0 Å². The first-order valence-electron chi connectivity index (χ1n) is 8.25. The minimum absolute atomic E-state index is 0.0539. The van der Waals surface area contributed by atoms with Crippen LogP contribution in [0.5, 0.6) is 11.5 Å². The number of aromatic nitrogens is 1. The number of nitrogens with zero attached hydrogens (tertiary/aromatic N) is 1. The summed E-state index contributed by atoms with van der Waals surface area (Å²) in [6.45, 7) is 8.07. The third kappa shape index (κ3) is 4.96. The third-order valence-electron chi connectivity index (χ3n) is 3.76. The molecule has 1 amide bonds. The van der Waals surface area contributed by atoms with Gasteiger partial charge in [0, 0.05) is 12.1 Å². The SMILES string of the molecule is CCOc1ccc(C(C)NC(C)C(=O)Nc2cc(C)no2)cc1OC. The molecule has 0 aliphatic carbocycles. The summed E-state index contributed by atoms with van der Waals surface area (Å²) in [6.07, 6.45) is 0. The summed E-state index contributed by atoms with van der Waals surface area (Å²) in [4.78, 5) is 12.2. The maximum absolute atomic E-state index is 12.2. The molecule has 0 aliphatic rings. The summed E-state index contributed by atoms with van der Waals surface area (Å²) < 4.78 is 15.9. The Morgan fingerprint density at radius 2 is 2.04 bits per heavy atom. The van der Waals surface area contributed by atoms with Gasteiger partial charge in [-0.2, -0.15) is 0 Å². The number of ether oxygens (including phenoxy) is 2. The van der Waals surface area contributed by atoms with Gasteiger partial charge in [0.25, 0.3) is 0 Å².